The van der Waals surface area contributed by atoms with Crippen LogP contribution in [0.2, 0.25) is 0 Å². The third-order valence-electron chi connectivity index (χ3n) is 1.88. The standard InChI is InChI=1S/C10H13F3N2O3/c11-10(12,13)6-17-4-3-15-9(16)8-2-1-7(5-14)18-8/h1-2H,3-6,14H2,(H,15,16). The number of hydrogen-bond acceptors (Lipinski definition) is 4. The van der Waals surface area contributed by atoms with E-state index >= 15 is 0 Å². The Morgan fingerprint density at radius 3 is 2.72 bits per heavy atom. The number of nitrogens with two attached hydrogens (primary N) is 1. The first-order valence-corrected chi connectivity index (χ1v) is 5.14. The van der Waals surface area contributed by atoms with Crippen molar-refractivity contribution < 1.29 is 27.1 Å². The van der Waals surface area contributed by atoms with Gasteiger partial charge < -0.3 is 20.2 Å². The Hall–Kier alpha value is -1.54. The van der Waals surface area contributed by atoms with Crippen LogP contribution in [0.4, 0.5) is 13.2 Å². The van der Waals surface area contributed by atoms with Crippen molar-refractivity contribution in [2.45, 2.75) is 12.7 Å². The van der Waals surface area contributed by atoms with Crippen LogP contribution >= 0.6 is 0 Å². The van der Waals surface area contributed by atoms with Gasteiger partial charge in [0.05, 0.1) is 13.2 Å². The van der Waals surface area contributed by atoms with Crippen LogP contribution in [0.25, 0.3) is 0 Å². The summed E-state index contributed by atoms with van der Waals surface area (Å²) < 4.78 is 44.5. The fraction of sp³-hybridized carbons (Fsp3) is 0.500. The highest BCUT2D eigenvalue weighted by Gasteiger charge is 2.27. The van der Waals surface area contributed by atoms with Crippen LogP contribution in [-0.2, 0) is 11.3 Å². The molecular formula is C10H13F3N2O3. The van der Waals surface area contributed by atoms with Gasteiger partial charge in [-0.05, 0) is 12.1 Å². The number of furan rings is 1. The predicted molar refractivity (Wildman–Crippen MR) is 55.8 cm³/mol. The number of halogens is 3. The van der Waals surface area contributed by atoms with E-state index in [4.69, 9.17) is 10.2 Å². The molecule has 0 fully saturated rings. The quantitative estimate of drug-likeness (QED) is 0.754. The summed E-state index contributed by atoms with van der Waals surface area (Å²) >= 11 is 0. The number of hydrogen-bond donors (Lipinski definition) is 2. The minimum Gasteiger partial charge on any atom is -0.455 e. The van der Waals surface area contributed by atoms with Crippen molar-refractivity contribution in [2.75, 3.05) is 19.8 Å². The molecule has 0 bridgehead atoms. The molecule has 1 aromatic rings. The molecule has 1 aromatic heterocycles. The van der Waals surface area contributed by atoms with Gasteiger partial charge in [0.1, 0.15) is 12.4 Å². The zero-order valence-corrected chi connectivity index (χ0v) is 9.42. The van der Waals surface area contributed by atoms with Gasteiger partial charge in [-0.1, -0.05) is 0 Å². The van der Waals surface area contributed by atoms with E-state index in [1.54, 1.807) is 6.07 Å². The highest BCUT2D eigenvalue weighted by atomic mass is 19.4. The summed E-state index contributed by atoms with van der Waals surface area (Å²) in [6, 6.07) is 2.99. The molecule has 8 heteroatoms. The third-order valence-corrected chi connectivity index (χ3v) is 1.88. The van der Waals surface area contributed by atoms with Gasteiger partial charge in [-0.25, -0.2) is 0 Å². The molecule has 0 atom stereocenters. The number of alkyl halides is 3. The second-order valence-electron chi connectivity index (χ2n) is 3.39. The van der Waals surface area contributed by atoms with Crippen molar-refractivity contribution in [1.29, 1.82) is 0 Å². The first-order chi connectivity index (χ1) is 8.42. The van der Waals surface area contributed by atoms with Gasteiger partial charge >= 0.3 is 6.18 Å². The van der Waals surface area contributed by atoms with Gasteiger partial charge in [0.25, 0.3) is 5.91 Å². The highest BCUT2D eigenvalue weighted by Crippen LogP contribution is 2.14. The van der Waals surface area contributed by atoms with Gasteiger partial charge in [0.2, 0.25) is 0 Å². The smallest absolute Gasteiger partial charge is 0.411 e. The van der Waals surface area contributed by atoms with Crippen LogP contribution in [0.1, 0.15) is 16.3 Å². The van der Waals surface area contributed by atoms with Gasteiger partial charge in [-0.3, -0.25) is 4.79 Å². The van der Waals surface area contributed by atoms with Gasteiger partial charge in [-0.2, -0.15) is 13.2 Å². The Morgan fingerprint density at radius 1 is 1.44 bits per heavy atom. The molecule has 5 nitrogen and oxygen atoms in total. The normalized spacial score (nSPS) is 11.6. The Balaban J connectivity index is 2.21. The van der Waals surface area contributed by atoms with Crippen LogP contribution < -0.4 is 11.1 Å². The van der Waals surface area contributed by atoms with E-state index in [-0.39, 0.29) is 25.5 Å². The first kappa shape index (κ1) is 14.5. The fourth-order valence-electron chi connectivity index (χ4n) is 1.12. The first-order valence-electron chi connectivity index (χ1n) is 5.14. The Kier molecular flexibility index (Phi) is 5.17. The highest BCUT2D eigenvalue weighted by molar-refractivity contribution is 5.91. The zero-order chi connectivity index (χ0) is 13.6. The van der Waals surface area contributed by atoms with Crippen molar-refractivity contribution in [3.05, 3.63) is 23.7 Å². The number of rotatable bonds is 6. The third kappa shape index (κ3) is 5.19. The average Bonchev–Trinajstić information content (AvgIpc) is 2.75. The van der Waals surface area contributed by atoms with Crippen molar-refractivity contribution in [3.8, 4) is 0 Å². The Bertz CT molecular complexity index is 390. The summed E-state index contributed by atoms with van der Waals surface area (Å²) in [7, 11) is 0. The molecule has 1 rings (SSSR count). The second kappa shape index (κ2) is 6.41. The van der Waals surface area contributed by atoms with Crippen molar-refractivity contribution in [3.63, 3.8) is 0 Å². The summed E-state index contributed by atoms with van der Waals surface area (Å²) in [5, 5.41) is 2.36. The lowest BCUT2D eigenvalue weighted by Gasteiger charge is -2.07. The van der Waals surface area contributed by atoms with Crippen molar-refractivity contribution in [2.24, 2.45) is 5.73 Å². The maximum Gasteiger partial charge on any atom is 0.411 e. The monoisotopic (exact) mass is 266 g/mol. The summed E-state index contributed by atoms with van der Waals surface area (Å²) in [5.41, 5.74) is 5.29. The molecule has 0 saturated heterocycles. The zero-order valence-electron chi connectivity index (χ0n) is 9.42. The summed E-state index contributed by atoms with van der Waals surface area (Å²) in [5.74, 6) is -0.00921. The lowest BCUT2D eigenvalue weighted by atomic mass is 10.4. The average molecular weight is 266 g/mol. The lowest BCUT2D eigenvalue weighted by Crippen LogP contribution is -2.28. The van der Waals surface area contributed by atoms with Gasteiger partial charge in [0.15, 0.2) is 5.76 Å². The molecule has 0 aliphatic heterocycles. The lowest BCUT2D eigenvalue weighted by molar-refractivity contribution is -0.173. The maximum absolute atomic E-state index is 11.7. The van der Waals surface area contributed by atoms with Crippen molar-refractivity contribution in [1.82, 2.24) is 5.32 Å². The summed E-state index contributed by atoms with van der Waals surface area (Å²) in [4.78, 5) is 11.4. The number of carbonyl (C=O) groups excluding carboxylic acids is 1. The second-order valence-corrected chi connectivity index (χ2v) is 3.39. The number of ether oxygens (including phenoxy) is 1. The summed E-state index contributed by atoms with van der Waals surface area (Å²) in [6.07, 6.45) is -4.36. The molecule has 0 unspecified atom stereocenters. The SMILES string of the molecule is NCc1ccc(C(=O)NCCOCC(F)(F)F)o1. The minimum atomic E-state index is -4.36. The van der Waals surface area contributed by atoms with Crippen LogP contribution in [-0.4, -0.2) is 31.8 Å². The molecule has 0 spiro atoms. The molecule has 0 radical (unpaired) electrons. The minimum absolute atomic E-state index is 0.0342. The topological polar surface area (TPSA) is 77.5 Å². The molecule has 3 N–H and O–H groups in total. The van der Waals surface area contributed by atoms with Crippen molar-refractivity contribution >= 4 is 5.91 Å². The molecule has 0 aliphatic carbocycles. The van der Waals surface area contributed by atoms with E-state index in [0.717, 1.165) is 0 Å². The Labute approximate surface area is 101 Å². The maximum atomic E-state index is 11.7. The van der Waals surface area contributed by atoms with E-state index in [9.17, 15) is 18.0 Å². The van der Waals surface area contributed by atoms with E-state index < -0.39 is 18.7 Å². The van der Waals surface area contributed by atoms with Crippen LogP contribution in [0.3, 0.4) is 0 Å². The molecule has 0 saturated carbocycles. The molecule has 1 amide bonds. The van der Waals surface area contributed by atoms with Gasteiger partial charge in [0, 0.05) is 6.54 Å². The number of carbonyl (C=O) groups is 1. The summed E-state index contributed by atoms with van der Waals surface area (Å²) in [6.45, 7) is -1.42. The van der Waals surface area contributed by atoms with E-state index in [2.05, 4.69) is 10.1 Å². The van der Waals surface area contributed by atoms with E-state index in [1.165, 1.54) is 6.07 Å². The largest absolute Gasteiger partial charge is 0.455 e. The van der Waals surface area contributed by atoms with Crippen LogP contribution in [0.5, 0.6) is 0 Å². The molecule has 0 aliphatic rings. The van der Waals surface area contributed by atoms with E-state index in [0.29, 0.717) is 5.76 Å². The molecule has 18 heavy (non-hydrogen) atoms. The predicted octanol–water partition coefficient (Wildman–Crippen LogP) is 1.05. The molecule has 102 valence electrons. The fourth-order valence-corrected chi connectivity index (χ4v) is 1.12. The molecular weight excluding hydrogens is 253 g/mol. The van der Waals surface area contributed by atoms with Crippen LogP contribution in [0.15, 0.2) is 16.5 Å². The molecule has 1 heterocycles. The van der Waals surface area contributed by atoms with Crippen LogP contribution in [0, 0.1) is 0 Å². The number of nitrogens with one attached hydrogen (secondary N) is 1. The van der Waals surface area contributed by atoms with Gasteiger partial charge in [-0.15, -0.1) is 0 Å². The Morgan fingerprint density at radius 2 is 2.17 bits per heavy atom. The molecule has 0 aromatic carbocycles. The number of amides is 1. The van der Waals surface area contributed by atoms with E-state index in [1.807, 2.05) is 0 Å².